The number of halogens is 2. The van der Waals surface area contributed by atoms with Crippen molar-refractivity contribution in [2.75, 3.05) is 10.6 Å². The average Bonchev–Trinajstić information content (AvgIpc) is 2.57. The third-order valence-electron chi connectivity index (χ3n) is 3.23. The fraction of sp³-hybridized carbons (Fsp3) is 0. The zero-order valence-corrected chi connectivity index (χ0v) is 14.0. The number of carbonyl (C=O) groups excluding carboxylic acids is 1. The molecule has 4 nitrogen and oxygen atoms in total. The Morgan fingerprint density at radius 1 is 1.00 bits per heavy atom. The number of carbonyl (C=O) groups is 1. The summed E-state index contributed by atoms with van der Waals surface area (Å²) in [4.78, 5) is 16.4. The van der Waals surface area contributed by atoms with Crippen molar-refractivity contribution < 1.29 is 9.18 Å². The van der Waals surface area contributed by atoms with Gasteiger partial charge in [-0.2, -0.15) is 0 Å². The topological polar surface area (TPSA) is 54.0 Å². The first kappa shape index (κ1) is 16.1. The highest BCUT2D eigenvalue weighted by atomic mass is 79.9. The van der Waals surface area contributed by atoms with Crippen LogP contribution in [0.2, 0.25) is 0 Å². The first-order chi connectivity index (χ1) is 11.6. The van der Waals surface area contributed by atoms with E-state index >= 15 is 0 Å². The molecule has 1 amide bonds. The fourth-order valence-corrected chi connectivity index (χ4v) is 2.50. The smallest absolute Gasteiger partial charge is 0.274 e. The molecule has 2 N–H and O–H groups in total. The van der Waals surface area contributed by atoms with Gasteiger partial charge in [-0.1, -0.05) is 18.2 Å². The van der Waals surface area contributed by atoms with Crippen molar-refractivity contribution in [3.05, 3.63) is 82.8 Å². The van der Waals surface area contributed by atoms with Crippen LogP contribution in [0.25, 0.3) is 0 Å². The molecule has 1 heterocycles. The van der Waals surface area contributed by atoms with Crippen molar-refractivity contribution in [3.8, 4) is 0 Å². The summed E-state index contributed by atoms with van der Waals surface area (Å²) in [6, 6.07) is 16.7. The van der Waals surface area contributed by atoms with Crippen molar-refractivity contribution in [1.82, 2.24) is 4.98 Å². The molecule has 2 aromatic carbocycles. The number of aromatic nitrogens is 1. The van der Waals surface area contributed by atoms with Crippen LogP contribution in [-0.4, -0.2) is 10.9 Å². The molecule has 0 aliphatic heterocycles. The van der Waals surface area contributed by atoms with E-state index in [1.807, 2.05) is 18.2 Å². The lowest BCUT2D eigenvalue weighted by Crippen LogP contribution is -2.14. The summed E-state index contributed by atoms with van der Waals surface area (Å²) in [5.74, 6) is -0.661. The summed E-state index contributed by atoms with van der Waals surface area (Å²) in [6.07, 6.45) is 1.52. The predicted molar refractivity (Wildman–Crippen MR) is 96.0 cm³/mol. The zero-order valence-electron chi connectivity index (χ0n) is 12.5. The van der Waals surface area contributed by atoms with E-state index in [-0.39, 0.29) is 17.4 Å². The second-order valence-electron chi connectivity index (χ2n) is 5.00. The lowest BCUT2D eigenvalue weighted by Gasteiger charge is -2.09. The number of hydrogen-bond donors (Lipinski definition) is 2. The SMILES string of the molecule is O=C(Nc1ccccc1Br)c1cc(Nc2cccc(F)c2)ccn1. The summed E-state index contributed by atoms with van der Waals surface area (Å²) in [5.41, 5.74) is 2.16. The first-order valence-electron chi connectivity index (χ1n) is 7.16. The van der Waals surface area contributed by atoms with Gasteiger partial charge >= 0.3 is 0 Å². The standard InChI is InChI=1S/C18H13BrFN3O/c19-15-6-1-2-7-16(15)23-18(24)17-11-14(8-9-21-17)22-13-5-3-4-12(20)10-13/h1-11H,(H,21,22)(H,23,24). The van der Waals surface area contributed by atoms with E-state index in [4.69, 9.17) is 0 Å². The van der Waals surface area contributed by atoms with Crippen LogP contribution in [0.3, 0.4) is 0 Å². The van der Waals surface area contributed by atoms with Gasteiger partial charge in [0.05, 0.1) is 5.69 Å². The van der Waals surface area contributed by atoms with Crippen LogP contribution in [-0.2, 0) is 0 Å². The largest absolute Gasteiger partial charge is 0.355 e. The second kappa shape index (κ2) is 7.23. The number of anilines is 3. The summed E-state index contributed by atoms with van der Waals surface area (Å²) < 4.78 is 14.0. The number of hydrogen-bond acceptors (Lipinski definition) is 3. The van der Waals surface area contributed by atoms with Crippen molar-refractivity contribution >= 4 is 38.9 Å². The first-order valence-corrected chi connectivity index (χ1v) is 7.95. The molecule has 3 rings (SSSR count). The van der Waals surface area contributed by atoms with E-state index in [2.05, 4.69) is 31.5 Å². The molecule has 0 fully saturated rings. The van der Waals surface area contributed by atoms with Crippen LogP contribution in [0.4, 0.5) is 21.5 Å². The maximum atomic E-state index is 13.2. The minimum Gasteiger partial charge on any atom is -0.355 e. The van der Waals surface area contributed by atoms with E-state index in [9.17, 15) is 9.18 Å². The van der Waals surface area contributed by atoms with E-state index < -0.39 is 0 Å². The van der Waals surface area contributed by atoms with Crippen LogP contribution in [0.1, 0.15) is 10.5 Å². The molecule has 0 radical (unpaired) electrons. The summed E-state index contributed by atoms with van der Waals surface area (Å²) >= 11 is 3.38. The van der Waals surface area contributed by atoms with Crippen molar-refractivity contribution in [2.45, 2.75) is 0 Å². The molecule has 0 saturated carbocycles. The third-order valence-corrected chi connectivity index (χ3v) is 3.92. The Morgan fingerprint density at radius 3 is 2.58 bits per heavy atom. The predicted octanol–water partition coefficient (Wildman–Crippen LogP) is 4.98. The Labute approximate surface area is 146 Å². The molecule has 0 bridgehead atoms. The molecule has 3 aromatic rings. The number of rotatable bonds is 4. The van der Waals surface area contributed by atoms with Gasteiger partial charge in [-0.15, -0.1) is 0 Å². The monoisotopic (exact) mass is 385 g/mol. The van der Waals surface area contributed by atoms with Gasteiger partial charge in [-0.3, -0.25) is 9.78 Å². The molecule has 0 spiro atoms. The Bertz CT molecular complexity index is 885. The van der Waals surface area contributed by atoms with E-state index in [0.29, 0.717) is 17.1 Å². The molecule has 0 atom stereocenters. The van der Waals surface area contributed by atoms with Crippen molar-refractivity contribution in [3.63, 3.8) is 0 Å². The normalized spacial score (nSPS) is 10.2. The highest BCUT2D eigenvalue weighted by molar-refractivity contribution is 9.10. The minimum atomic E-state index is -0.332. The van der Waals surface area contributed by atoms with Gasteiger partial charge in [0.1, 0.15) is 11.5 Å². The lowest BCUT2D eigenvalue weighted by atomic mass is 10.2. The van der Waals surface area contributed by atoms with E-state index in [0.717, 1.165) is 4.47 Å². The molecule has 0 unspecified atom stereocenters. The third kappa shape index (κ3) is 3.97. The van der Waals surface area contributed by atoms with Gasteiger partial charge in [0.15, 0.2) is 0 Å². The van der Waals surface area contributed by atoms with Crippen LogP contribution < -0.4 is 10.6 Å². The second-order valence-corrected chi connectivity index (χ2v) is 5.85. The quantitative estimate of drug-likeness (QED) is 0.665. The summed E-state index contributed by atoms with van der Waals surface area (Å²) in [6.45, 7) is 0. The summed E-state index contributed by atoms with van der Waals surface area (Å²) in [5, 5.41) is 5.84. The maximum absolute atomic E-state index is 13.2. The Hall–Kier alpha value is -2.73. The van der Waals surface area contributed by atoms with Gasteiger partial charge in [0, 0.05) is 22.0 Å². The molecule has 120 valence electrons. The van der Waals surface area contributed by atoms with Crippen molar-refractivity contribution in [1.29, 1.82) is 0 Å². The molecule has 0 saturated heterocycles. The van der Waals surface area contributed by atoms with Crippen LogP contribution in [0.15, 0.2) is 71.3 Å². The van der Waals surface area contributed by atoms with Gasteiger partial charge < -0.3 is 10.6 Å². The number of amides is 1. The number of benzene rings is 2. The average molecular weight is 386 g/mol. The van der Waals surface area contributed by atoms with Crippen molar-refractivity contribution in [2.24, 2.45) is 0 Å². The highest BCUT2D eigenvalue weighted by Gasteiger charge is 2.10. The number of nitrogens with one attached hydrogen (secondary N) is 2. The van der Waals surface area contributed by atoms with Gasteiger partial charge in [0.25, 0.3) is 5.91 Å². The highest BCUT2D eigenvalue weighted by Crippen LogP contribution is 2.22. The fourth-order valence-electron chi connectivity index (χ4n) is 2.11. The molecular formula is C18H13BrFN3O. The Morgan fingerprint density at radius 2 is 1.79 bits per heavy atom. The molecular weight excluding hydrogens is 373 g/mol. The number of nitrogens with zero attached hydrogens (tertiary/aromatic N) is 1. The van der Waals surface area contributed by atoms with Crippen LogP contribution in [0.5, 0.6) is 0 Å². The molecule has 0 aliphatic rings. The van der Waals surface area contributed by atoms with Crippen LogP contribution in [0, 0.1) is 5.82 Å². The molecule has 0 aliphatic carbocycles. The minimum absolute atomic E-state index is 0.257. The van der Waals surface area contributed by atoms with Gasteiger partial charge in [-0.05, 0) is 58.4 Å². The number of pyridine rings is 1. The molecule has 1 aromatic heterocycles. The lowest BCUT2D eigenvalue weighted by molar-refractivity contribution is 0.102. The number of para-hydroxylation sites is 1. The van der Waals surface area contributed by atoms with E-state index in [1.165, 1.54) is 18.3 Å². The van der Waals surface area contributed by atoms with E-state index in [1.54, 1.807) is 30.3 Å². The molecule has 6 heteroatoms. The summed E-state index contributed by atoms with van der Waals surface area (Å²) in [7, 11) is 0. The zero-order chi connectivity index (χ0) is 16.9. The Balaban J connectivity index is 1.77. The van der Waals surface area contributed by atoms with Crippen LogP contribution >= 0.6 is 15.9 Å². The van der Waals surface area contributed by atoms with Gasteiger partial charge in [0.2, 0.25) is 0 Å². The van der Waals surface area contributed by atoms with Gasteiger partial charge in [-0.25, -0.2) is 4.39 Å². The maximum Gasteiger partial charge on any atom is 0.274 e. The Kier molecular flexibility index (Phi) is 4.86. The molecule has 24 heavy (non-hydrogen) atoms.